The number of likely N-dealkylation sites (N-methyl/N-ethyl adjacent to an activating group) is 1. The van der Waals surface area contributed by atoms with Crippen LogP contribution in [0.25, 0.3) is 0 Å². The van der Waals surface area contributed by atoms with Gasteiger partial charge in [-0.1, -0.05) is 41.7 Å². The number of benzene rings is 2. The van der Waals surface area contributed by atoms with Crippen molar-refractivity contribution < 1.29 is 27.0 Å². The van der Waals surface area contributed by atoms with Gasteiger partial charge < -0.3 is 9.84 Å². The minimum absolute atomic E-state index is 0.0114. The normalized spacial score (nSPS) is 17.4. The average Bonchev–Trinajstić information content (AvgIpc) is 2.73. The summed E-state index contributed by atoms with van der Waals surface area (Å²) in [6, 6.07) is 7.33. The SMILES string of the molecule is CCN(CC(O)COc1ccc(Cl)c(Cl)c1)N1Cc2cc(Cl)c(NS(=O)O)cc2S(=O)(=O)N1. The fourth-order valence-corrected chi connectivity index (χ4v) is 5.37. The van der Waals surface area contributed by atoms with E-state index in [1.54, 1.807) is 24.1 Å². The van der Waals surface area contributed by atoms with Gasteiger partial charge in [0.15, 0.2) is 0 Å². The predicted molar refractivity (Wildman–Crippen MR) is 127 cm³/mol. The highest BCUT2D eigenvalue weighted by Crippen LogP contribution is 2.32. The number of hydrogen-bond acceptors (Lipinski definition) is 7. The summed E-state index contributed by atoms with van der Waals surface area (Å²) in [4.78, 5) is 2.36. The summed E-state index contributed by atoms with van der Waals surface area (Å²) in [7, 11) is -4.01. The number of aliphatic hydroxyl groups is 1. The van der Waals surface area contributed by atoms with E-state index in [0.29, 0.717) is 27.9 Å². The van der Waals surface area contributed by atoms with E-state index in [1.165, 1.54) is 23.3 Å². The number of fused-ring (bicyclic) bond motifs is 1. The van der Waals surface area contributed by atoms with Gasteiger partial charge in [-0.3, -0.25) is 9.27 Å². The van der Waals surface area contributed by atoms with Gasteiger partial charge >= 0.3 is 0 Å². The third-order valence-corrected chi connectivity index (χ3v) is 7.50. The minimum atomic E-state index is -4.01. The zero-order chi connectivity index (χ0) is 24.3. The van der Waals surface area contributed by atoms with Crippen LogP contribution in [0, 0.1) is 0 Å². The van der Waals surface area contributed by atoms with Gasteiger partial charge in [-0.2, -0.15) is 5.12 Å². The largest absolute Gasteiger partial charge is 0.491 e. The third kappa shape index (κ3) is 6.69. The second kappa shape index (κ2) is 11.0. The number of ether oxygens (including phenoxy) is 1. The maximum Gasteiger partial charge on any atom is 0.259 e. The van der Waals surface area contributed by atoms with Gasteiger partial charge in [0.1, 0.15) is 18.5 Å². The van der Waals surface area contributed by atoms with Crippen molar-refractivity contribution in [1.29, 1.82) is 0 Å². The van der Waals surface area contributed by atoms with Gasteiger partial charge in [-0.25, -0.2) is 17.6 Å². The highest BCUT2D eigenvalue weighted by atomic mass is 35.5. The summed E-state index contributed by atoms with van der Waals surface area (Å²) >= 11 is 15.5. The van der Waals surface area contributed by atoms with E-state index in [0.717, 1.165) is 0 Å². The Hall–Kier alpha value is -1.19. The number of nitrogens with zero attached hydrogens (tertiary/aromatic N) is 2. The lowest BCUT2D eigenvalue weighted by molar-refractivity contribution is -0.0826. The number of rotatable bonds is 9. The molecule has 3 rings (SSSR count). The number of hydrazine groups is 2. The van der Waals surface area contributed by atoms with Crippen molar-refractivity contribution in [2.75, 3.05) is 24.4 Å². The maximum absolute atomic E-state index is 12.8. The summed E-state index contributed by atoms with van der Waals surface area (Å²) in [6.45, 7) is 2.29. The van der Waals surface area contributed by atoms with Crippen molar-refractivity contribution in [3.8, 4) is 5.75 Å². The lowest BCUT2D eigenvalue weighted by Gasteiger charge is -2.38. The van der Waals surface area contributed by atoms with Crippen LogP contribution in [0.2, 0.25) is 15.1 Å². The monoisotopic (exact) mass is 558 g/mol. The molecule has 0 fully saturated rings. The second-order valence-corrected chi connectivity index (χ2v) is 10.5. The van der Waals surface area contributed by atoms with E-state index >= 15 is 0 Å². The van der Waals surface area contributed by atoms with Crippen molar-refractivity contribution in [3.05, 3.63) is 51.0 Å². The van der Waals surface area contributed by atoms with Crippen LogP contribution in [0.4, 0.5) is 5.69 Å². The van der Waals surface area contributed by atoms with E-state index in [9.17, 15) is 17.7 Å². The number of halogens is 3. The molecular formula is C18H21Cl3N4O6S2. The van der Waals surface area contributed by atoms with Crippen molar-refractivity contribution >= 4 is 61.8 Å². The smallest absolute Gasteiger partial charge is 0.259 e. The van der Waals surface area contributed by atoms with Crippen LogP contribution in [0.3, 0.4) is 0 Å². The van der Waals surface area contributed by atoms with E-state index in [1.807, 2.05) is 0 Å². The predicted octanol–water partition coefficient (Wildman–Crippen LogP) is 2.88. The molecular weight excluding hydrogens is 539 g/mol. The first kappa shape index (κ1) is 26.4. The summed E-state index contributed by atoms with van der Waals surface area (Å²) in [5.41, 5.74) is 0.394. The average molecular weight is 560 g/mol. The first-order valence-electron chi connectivity index (χ1n) is 9.51. The molecule has 0 bridgehead atoms. The van der Waals surface area contributed by atoms with E-state index in [4.69, 9.17) is 44.1 Å². The molecule has 2 unspecified atom stereocenters. The van der Waals surface area contributed by atoms with Gasteiger partial charge in [0.2, 0.25) is 0 Å². The van der Waals surface area contributed by atoms with Crippen LogP contribution < -0.4 is 14.3 Å². The molecule has 0 spiro atoms. The lowest BCUT2D eigenvalue weighted by atomic mass is 10.2. The van der Waals surface area contributed by atoms with E-state index in [2.05, 4.69) is 9.55 Å². The molecule has 2 aromatic carbocycles. The number of hydrogen-bond donors (Lipinski definition) is 4. The van der Waals surface area contributed by atoms with Crippen LogP contribution in [-0.4, -0.2) is 58.2 Å². The summed E-state index contributed by atoms with van der Waals surface area (Å²) in [6.07, 6.45) is -0.958. The quantitative estimate of drug-likeness (QED) is 0.345. The second-order valence-electron chi connectivity index (χ2n) is 6.99. The Labute approximate surface area is 208 Å². The lowest BCUT2D eigenvalue weighted by Crippen LogP contribution is -2.57. The van der Waals surface area contributed by atoms with Crippen LogP contribution in [-0.2, 0) is 27.8 Å². The van der Waals surface area contributed by atoms with Crippen LogP contribution in [0.1, 0.15) is 12.5 Å². The molecule has 2 aromatic rings. The van der Waals surface area contributed by atoms with Gasteiger partial charge in [0.05, 0.1) is 32.2 Å². The third-order valence-electron chi connectivity index (χ3n) is 4.64. The van der Waals surface area contributed by atoms with Gasteiger partial charge in [-0.15, -0.1) is 4.83 Å². The van der Waals surface area contributed by atoms with Gasteiger partial charge in [0, 0.05) is 19.2 Å². The van der Waals surface area contributed by atoms with Gasteiger partial charge in [-0.05, 0) is 29.8 Å². The fourth-order valence-electron chi connectivity index (χ4n) is 3.13. The van der Waals surface area contributed by atoms with Crippen LogP contribution in [0.15, 0.2) is 35.2 Å². The molecule has 1 aliphatic rings. The molecule has 15 heteroatoms. The molecule has 0 amide bonds. The molecule has 182 valence electrons. The van der Waals surface area contributed by atoms with E-state index < -0.39 is 27.4 Å². The van der Waals surface area contributed by atoms with Crippen molar-refractivity contribution in [1.82, 2.24) is 15.0 Å². The Bertz CT molecular complexity index is 1150. The molecule has 33 heavy (non-hydrogen) atoms. The molecule has 4 N–H and O–H groups in total. The zero-order valence-electron chi connectivity index (χ0n) is 17.2. The molecule has 0 saturated heterocycles. The topological polar surface area (TPSA) is 131 Å². The highest BCUT2D eigenvalue weighted by molar-refractivity contribution is 7.89. The fraction of sp³-hybridized carbons (Fsp3) is 0.333. The zero-order valence-corrected chi connectivity index (χ0v) is 21.1. The minimum Gasteiger partial charge on any atom is -0.491 e. The first-order valence-corrected chi connectivity index (χ1v) is 13.2. The Morgan fingerprint density at radius 2 is 1.97 bits per heavy atom. The molecule has 0 aromatic heterocycles. The summed E-state index contributed by atoms with van der Waals surface area (Å²) in [5, 5.41) is 14.2. The Kier molecular flexibility index (Phi) is 8.83. The molecule has 1 heterocycles. The molecule has 1 aliphatic heterocycles. The Balaban J connectivity index is 1.71. The maximum atomic E-state index is 12.8. The number of sulfonamides is 1. The van der Waals surface area contributed by atoms with Crippen LogP contribution in [0.5, 0.6) is 5.75 Å². The van der Waals surface area contributed by atoms with Crippen molar-refractivity contribution in [2.45, 2.75) is 24.5 Å². The molecule has 0 aliphatic carbocycles. The highest BCUT2D eigenvalue weighted by Gasteiger charge is 2.33. The van der Waals surface area contributed by atoms with E-state index in [-0.39, 0.29) is 35.3 Å². The number of nitrogens with one attached hydrogen (secondary N) is 2. The molecule has 2 atom stereocenters. The standard InChI is InChI=1S/C18H21Cl3N4O6S2/c1-2-24(9-12(26)10-31-13-3-4-14(19)15(20)6-13)25-8-11-5-16(21)17(22-32(27)28)7-18(11)33(29,30)23-25/h3-7,12,22-23,26H,2,8-10H2,1H3,(H,27,28). The Morgan fingerprint density at radius 1 is 1.24 bits per heavy atom. The number of anilines is 1. The van der Waals surface area contributed by atoms with Crippen molar-refractivity contribution in [2.24, 2.45) is 0 Å². The van der Waals surface area contributed by atoms with Crippen LogP contribution >= 0.6 is 34.8 Å². The molecule has 0 radical (unpaired) electrons. The molecule has 10 nitrogen and oxygen atoms in total. The van der Waals surface area contributed by atoms with Crippen molar-refractivity contribution in [3.63, 3.8) is 0 Å². The summed E-state index contributed by atoms with van der Waals surface area (Å²) in [5.74, 6) is 0.432. The molecule has 0 saturated carbocycles. The number of aliphatic hydroxyl groups excluding tert-OH is 1. The summed E-state index contributed by atoms with van der Waals surface area (Å²) < 4.78 is 53.4. The van der Waals surface area contributed by atoms with Gasteiger partial charge in [0.25, 0.3) is 21.3 Å². The Morgan fingerprint density at radius 3 is 2.61 bits per heavy atom. The first-order chi connectivity index (χ1) is 15.5.